The summed E-state index contributed by atoms with van der Waals surface area (Å²) in [5.41, 5.74) is 2.57. The van der Waals surface area contributed by atoms with Crippen LogP contribution in [0.25, 0.3) is 11.0 Å². The van der Waals surface area contributed by atoms with Crippen molar-refractivity contribution in [1.29, 1.82) is 0 Å². The summed E-state index contributed by atoms with van der Waals surface area (Å²) in [7, 11) is 0. The smallest absolute Gasteiger partial charge is 0.273 e. The van der Waals surface area contributed by atoms with Crippen molar-refractivity contribution in [3.8, 4) is 0 Å². The SMILES string of the molecule is CC(C)CCNC(=O)CCc1nc2ccccc2n(Cc2ccccc2Cl)c1=O. The van der Waals surface area contributed by atoms with Crippen LogP contribution in [0.15, 0.2) is 53.3 Å². The second kappa shape index (κ2) is 9.70. The number of amides is 1. The number of aryl methyl sites for hydroxylation is 1. The molecule has 0 saturated carbocycles. The maximum absolute atomic E-state index is 13.1. The van der Waals surface area contributed by atoms with Crippen molar-refractivity contribution in [3.63, 3.8) is 0 Å². The van der Waals surface area contributed by atoms with Gasteiger partial charge in [0.25, 0.3) is 5.56 Å². The standard InChI is InChI=1S/C23H26ClN3O2/c1-16(2)13-14-25-22(28)12-11-20-23(29)27(15-17-7-3-4-8-18(17)24)21-10-6-5-9-19(21)26-20/h3-10,16H,11-15H2,1-2H3,(H,25,28). The lowest BCUT2D eigenvalue weighted by Gasteiger charge is -2.13. The van der Waals surface area contributed by atoms with Gasteiger partial charge in [-0.1, -0.05) is 55.8 Å². The lowest BCUT2D eigenvalue weighted by Crippen LogP contribution is -2.29. The average Bonchev–Trinajstić information content (AvgIpc) is 2.70. The number of carbonyl (C=O) groups is 1. The third-order valence-corrected chi connectivity index (χ3v) is 5.21. The fraction of sp³-hybridized carbons (Fsp3) is 0.348. The third-order valence-electron chi connectivity index (χ3n) is 4.84. The number of nitrogens with zero attached hydrogens (tertiary/aromatic N) is 2. The minimum Gasteiger partial charge on any atom is -0.356 e. The fourth-order valence-electron chi connectivity index (χ4n) is 3.18. The summed E-state index contributed by atoms with van der Waals surface area (Å²) < 4.78 is 1.69. The predicted octanol–water partition coefficient (Wildman–Crippen LogP) is 4.19. The molecule has 0 bridgehead atoms. The molecule has 1 aromatic heterocycles. The van der Waals surface area contributed by atoms with Gasteiger partial charge in [-0.25, -0.2) is 4.98 Å². The van der Waals surface area contributed by atoms with Gasteiger partial charge in [-0.3, -0.25) is 9.59 Å². The van der Waals surface area contributed by atoms with Gasteiger partial charge < -0.3 is 9.88 Å². The molecule has 2 aromatic carbocycles. The molecule has 1 N–H and O–H groups in total. The normalized spacial score (nSPS) is 11.2. The first-order valence-electron chi connectivity index (χ1n) is 9.94. The van der Waals surface area contributed by atoms with E-state index >= 15 is 0 Å². The zero-order valence-corrected chi connectivity index (χ0v) is 17.6. The van der Waals surface area contributed by atoms with E-state index in [1.165, 1.54) is 0 Å². The monoisotopic (exact) mass is 411 g/mol. The van der Waals surface area contributed by atoms with E-state index in [-0.39, 0.29) is 17.9 Å². The number of carbonyl (C=O) groups excluding carboxylic acids is 1. The van der Waals surface area contributed by atoms with Crippen molar-refractivity contribution in [2.45, 2.75) is 39.7 Å². The minimum atomic E-state index is -0.182. The van der Waals surface area contributed by atoms with Crippen LogP contribution in [0.5, 0.6) is 0 Å². The molecule has 1 heterocycles. The van der Waals surface area contributed by atoms with Crippen molar-refractivity contribution in [1.82, 2.24) is 14.9 Å². The van der Waals surface area contributed by atoms with Crippen LogP contribution in [0.4, 0.5) is 0 Å². The fourth-order valence-corrected chi connectivity index (χ4v) is 3.38. The van der Waals surface area contributed by atoms with E-state index in [4.69, 9.17) is 11.6 Å². The van der Waals surface area contributed by atoms with E-state index in [1.54, 1.807) is 4.57 Å². The Morgan fingerprint density at radius 3 is 2.62 bits per heavy atom. The molecule has 5 nitrogen and oxygen atoms in total. The number of halogens is 1. The predicted molar refractivity (Wildman–Crippen MR) is 117 cm³/mol. The van der Waals surface area contributed by atoms with E-state index < -0.39 is 0 Å². The van der Waals surface area contributed by atoms with Crippen molar-refractivity contribution < 1.29 is 4.79 Å². The Hall–Kier alpha value is -2.66. The number of nitrogens with one attached hydrogen (secondary N) is 1. The number of hydrogen-bond acceptors (Lipinski definition) is 3. The van der Waals surface area contributed by atoms with Gasteiger partial charge >= 0.3 is 0 Å². The Labute approximate surface area is 175 Å². The zero-order chi connectivity index (χ0) is 20.8. The Bertz CT molecular complexity index is 1060. The number of rotatable bonds is 8. The van der Waals surface area contributed by atoms with E-state index in [0.717, 1.165) is 23.0 Å². The maximum atomic E-state index is 13.1. The number of hydrogen-bond donors (Lipinski definition) is 1. The van der Waals surface area contributed by atoms with Gasteiger partial charge in [0.15, 0.2) is 0 Å². The van der Waals surface area contributed by atoms with Gasteiger partial charge in [0, 0.05) is 24.4 Å². The van der Waals surface area contributed by atoms with E-state index in [9.17, 15) is 9.59 Å². The maximum Gasteiger partial charge on any atom is 0.273 e. The highest BCUT2D eigenvalue weighted by atomic mass is 35.5. The summed E-state index contributed by atoms with van der Waals surface area (Å²) in [4.78, 5) is 29.8. The number of benzene rings is 2. The van der Waals surface area contributed by atoms with E-state index in [1.807, 2.05) is 48.5 Å². The first-order valence-corrected chi connectivity index (χ1v) is 10.3. The van der Waals surface area contributed by atoms with Crippen LogP contribution in [-0.2, 0) is 17.8 Å². The molecule has 0 unspecified atom stereocenters. The molecule has 0 aliphatic heterocycles. The minimum absolute atomic E-state index is 0.0577. The van der Waals surface area contributed by atoms with Crippen LogP contribution in [-0.4, -0.2) is 22.0 Å². The molecule has 1 amide bonds. The first kappa shape index (κ1) is 21.1. The molecule has 0 spiro atoms. The molecular formula is C23H26ClN3O2. The molecule has 0 saturated heterocycles. The molecule has 0 radical (unpaired) electrons. The highest BCUT2D eigenvalue weighted by molar-refractivity contribution is 6.31. The number of aromatic nitrogens is 2. The number of para-hydroxylation sites is 2. The van der Waals surface area contributed by atoms with Crippen molar-refractivity contribution in [2.24, 2.45) is 5.92 Å². The third kappa shape index (κ3) is 5.45. The Morgan fingerprint density at radius 2 is 1.86 bits per heavy atom. The van der Waals surface area contributed by atoms with Gasteiger partial charge in [-0.15, -0.1) is 0 Å². The summed E-state index contributed by atoms with van der Waals surface area (Å²) in [6, 6.07) is 15.0. The van der Waals surface area contributed by atoms with Gasteiger partial charge in [-0.2, -0.15) is 0 Å². The van der Waals surface area contributed by atoms with Crippen LogP contribution in [0.3, 0.4) is 0 Å². The summed E-state index contributed by atoms with van der Waals surface area (Å²) in [5, 5.41) is 3.53. The average molecular weight is 412 g/mol. The molecule has 0 atom stereocenters. The lowest BCUT2D eigenvalue weighted by molar-refractivity contribution is -0.121. The highest BCUT2D eigenvalue weighted by Crippen LogP contribution is 2.18. The Morgan fingerprint density at radius 1 is 1.14 bits per heavy atom. The van der Waals surface area contributed by atoms with Crippen LogP contribution >= 0.6 is 11.6 Å². The Kier molecular flexibility index (Phi) is 7.04. The van der Waals surface area contributed by atoms with Crippen LogP contribution in [0, 0.1) is 5.92 Å². The summed E-state index contributed by atoms with van der Waals surface area (Å²) in [6.45, 7) is 5.24. The number of fused-ring (bicyclic) bond motifs is 1. The lowest BCUT2D eigenvalue weighted by atomic mass is 10.1. The molecule has 0 aliphatic carbocycles. The topological polar surface area (TPSA) is 64.0 Å². The molecule has 29 heavy (non-hydrogen) atoms. The molecule has 0 fully saturated rings. The second-order valence-corrected chi connectivity index (χ2v) is 7.97. The molecule has 0 aliphatic rings. The second-order valence-electron chi connectivity index (χ2n) is 7.56. The van der Waals surface area contributed by atoms with Gasteiger partial charge in [0.2, 0.25) is 5.91 Å². The Balaban J connectivity index is 1.85. The summed E-state index contributed by atoms with van der Waals surface area (Å²) in [6.07, 6.45) is 1.48. The van der Waals surface area contributed by atoms with Crippen LogP contribution in [0.2, 0.25) is 5.02 Å². The highest BCUT2D eigenvalue weighted by Gasteiger charge is 2.14. The van der Waals surface area contributed by atoms with Crippen LogP contribution in [0.1, 0.15) is 37.9 Å². The first-order chi connectivity index (χ1) is 14.0. The molecule has 3 rings (SSSR count). The largest absolute Gasteiger partial charge is 0.356 e. The summed E-state index contributed by atoms with van der Waals surface area (Å²) in [5.74, 6) is 0.479. The van der Waals surface area contributed by atoms with Crippen LogP contribution < -0.4 is 10.9 Å². The molecule has 6 heteroatoms. The van der Waals surface area contributed by atoms with Gasteiger partial charge in [-0.05, 0) is 36.1 Å². The molecule has 3 aromatic rings. The van der Waals surface area contributed by atoms with E-state index in [0.29, 0.717) is 36.1 Å². The van der Waals surface area contributed by atoms with Crippen molar-refractivity contribution in [2.75, 3.05) is 6.54 Å². The molecule has 152 valence electrons. The molecular weight excluding hydrogens is 386 g/mol. The van der Waals surface area contributed by atoms with Crippen molar-refractivity contribution >= 4 is 28.5 Å². The van der Waals surface area contributed by atoms with Crippen molar-refractivity contribution in [3.05, 3.63) is 75.2 Å². The summed E-state index contributed by atoms with van der Waals surface area (Å²) >= 11 is 6.31. The van der Waals surface area contributed by atoms with E-state index in [2.05, 4.69) is 24.1 Å². The zero-order valence-electron chi connectivity index (χ0n) is 16.8. The van der Waals surface area contributed by atoms with Gasteiger partial charge in [0.05, 0.1) is 17.6 Å². The van der Waals surface area contributed by atoms with Gasteiger partial charge in [0.1, 0.15) is 5.69 Å². The quantitative estimate of drug-likeness (QED) is 0.604.